The fourth-order valence-corrected chi connectivity index (χ4v) is 2.13. The number of hydrogen-bond donors (Lipinski definition) is 1. The highest BCUT2D eigenvalue weighted by Gasteiger charge is 2.16. The molecule has 1 atom stereocenters. The molecule has 0 aliphatic rings. The van der Waals surface area contributed by atoms with Crippen LogP contribution >= 0.6 is 0 Å². The van der Waals surface area contributed by atoms with E-state index in [1.807, 2.05) is 32.0 Å². The van der Waals surface area contributed by atoms with Gasteiger partial charge in [-0.15, -0.1) is 0 Å². The highest BCUT2D eigenvalue weighted by atomic mass is 16.5. The third-order valence-electron chi connectivity index (χ3n) is 3.59. The summed E-state index contributed by atoms with van der Waals surface area (Å²) in [6, 6.07) is 12.3. The molecule has 126 valence electrons. The van der Waals surface area contributed by atoms with E-state index in [1.165, 1.54) is 7.11 Å². The lowest BCUT2D eigenvalue weighted by atomic mass is 10.1. The predicted molar refractivity (Wildman–Crippen MR) is 92.4 cm³/mol. The normalized spacial score (nSPS) is 11.5. The topological polar surface area (TPSA) is 64.6 Å². The molecule has 0 heterocycles. The number of carbonyl (C=O) groups is 2. The quantitative estimate of drug-likeness (QED) is 0.854. The van der Waals surface area contributed by atoms with E-state index in [0.717, 1.165) is 11.1 Å². The van der Waals surface area contributed by atoms with Gasteiger partial charge in [0.2, 0.25) is 0 Å². The van der Waals surface area contributed by atoms with Crippen LogP contribution in [0.25, 0.3) is 0 Å². The Balaban J connectivity index is 2.01. The van der Waals surface area contributed by atoms with Gasteiger partial charge >= 0.3 is 5.97 Å². The first-order valence-electron chi connectivity index (χ1n) is 7.64. The molecule has 0 saturated carbocycles. The van der Waals surface area contributed by atoms with Gasteiger partial charge in [0.25, 0.3) is 5.91 Å². The van der Waals surface area contributed by atoms with Crippen LogP contribution in [0.2, 0.25) is 0 Å². The van der Waals surface area contributed by atoms with Gasteiger partial charge in [0, 0.05) is 5.69 Å². The fraction of sp³-hybridized carbons (Fsp3) is 0.263. The number of rotatable bonds is 5. The van der Waals surface area contributed by atoms with Crippen molar-refractivity contribution in [2.45, 2.75) is 26.9 Å². The molecular weight excluding hydrogens is 306 g/mol. The van der Waals surface area contributed by atoms with Crippen LogP contribution in [0.3, 0.4) is 0 Å². The second-order valence-electron chi connectivity index (χ2n) is 5.59. The first-order chi connectivity index (χ1) is 11.4. The molecule has 0 fully saturated rings. The fourth-order valence-electron chi connectivity index (χ4n) is 2.13. The van der Waals surface area contributed by atoms with Crippen molar-refractivity contribution in [3.63, 3.8) is 0 Å². The summed E-state index contributed by atoms with van der Waals surface area (Å²) in [4.78, 5) is 23.6. The third kappa shape index (κ3) is 4.35. The van der Waals surface area contributed by atoms with Crippen LogP contribution in [0.1, 0.15) is 28.4 Å². The zero-order valence-corrected chi connectivity index (χ0v) is 14.3. The van der Waals surface area contributed by atoms with Gasteiger partial charge in [-0.05, 0) is 62.2 Å². The molecule has 2 rings (SSSR count). The molecule has 0 radical (unpaired) electrons. The Kier molecular flexibility index (Phi) is 5.58. The van der Waals surface area contributed by atoms with Crippen molar-refractivity contribution >= 4 is 17.6 Å². The molecule has 0 bridgehead atoms. The van der Waals surface area contributed by atoms with Crippen molar-refractivity contribution in [2.24, 2.45) is 0 Å². The van der Waals surface area contributed by atoms with Crippen LogP contribution in [0.15, 0.2) is 42.5 Å². The number of hydrogen-bond acceptors (Lipinski definition) is 4. The average Bonchev–Trinajstić information content (AvgIpc) is 2.58. The first-order valence-corrected chi connectivity index (χ1v) is 7.64. The standard InChI is InChI=1S/C19H21NO4/c1-12-5-6-13(2)17(11-12)24-14(3)18(21)20-16-9-7-15(8-10-16)19(22)23-4/h5-11,14H,1-4H3,(H,20,21)/t14-/m0/s1. The minimum absolute atomic E-state index is 0.262. The average molecular weight is 327 g/mol. The number of carbonyl (C=O) groups excluding carboxylic acids is 2. The molecule has 2 aromatic carbocycles. The number of nitrogens with one attached hydrogen (secondary N) is 1. The van der Waals surface area contributed by atoms with E-state index in [0.29, 0.717) is 17.0 Å². The van der Waals surface area contributed by atoms with Crippen molar-refractivity contribution in [3.8, 4) is 5.75 Å². The Labute approximate surface area is 141 Å². The number of aryl methyl sites for hydroxylation is 2. The van der Waals surface area contributed by atoms with Crippen LogP contribution in [0.4, 0.5) is 5.69 Å². The van der Waals surface area contributed by atoms with E-state index in [2.05, 4.69) is 10.1 Å². The second kappa shape index (κ2) is 7.64. The van der Waals surface area contributed by atoms with Crippen molar-refractivity contribution in [2.75, 3.05) is 12.4 Å². The highest BCUT2D eigenvalue weighted by Crippen LogP contribution is 2.21. The summed E-state index contributed by atoms with van der Waals surface area (Å²) in [6.07, 6.45) is -0.647. The lowest BCUT2D eigenvalue weighted by Gasteiger charge is -2.17. The monoisotopic (exact) mass is 327 g/mol. The van der Waals surface area contributed by atoms with E-state index in [4.69, 9.17) is 4.74 Å². The number of amides is 1. The Morgan fingerprint density at radius 2 is 1.71 bits per heavy atom. The number of ether oxygens (including phenoxy) is 2. The Morgan fingerprint density at radius 1 is 1.04 bits per heavy atom. The van der Waals surface area contributed by atoms with Gasteiger partial charge in [-0.2, -0.15) is 0 Å². The van der Waals surface area contributed by atoms with Crippen LogP contribution < -0.4 is 10.1 Å². The molecule has 0 aromatic heterocycles. The van der Waals surface area contributed by atoms with Crippen molar-refractivity contribution < 1.29 is 19.1 Å². The van der Waals surface area contributed by atoms with Crippen LogP contribution in [0.5, 0.6) is 5.75 Å². The molecule has 1 amide bonds. The lowest BCUT2D eigenvalue weighted by Crippen LogP contribution is -2.30. The molecule has 24 heavy (non-hydrogen) atoms. The maximum Gasteiger partial charge on any atom is 0.337 e. The number of benzene rings is 2. The van der Waals surface area contributed by atoms with Crippen LogP contribution in [-0.2, 0) is 9.53 Å². The summed E-state index contributed by atoms with van der Waals surface area (Å²) in [5, 5.41) is 2.76. The zero-order chi connectivity index (χ0) is 17.7. The molecular formula is C19H21NO4. The summed E-state index contributed by atoms with van der Waals surface area (Å²) in [5.41, 5.74) is 3.06. The maximum atomic E-state index is 12.3. The molecule has 1 N–H and O–H groups in total. The van der Waals surface area contributed by atoms with Gasteiger partial charge in [-0.3, -0.25) is 4.79 Å². The number of methoxy groups -OCH3 is 1. The Hall–Kier alpha value is -2.82. The van der Waals surface area contributed by atoms with Crippen LogP contribution in [-0.4, -0.2) is 25.1 Å². The van der Waals surface area contributed by atoms with E-state index in [1.54, 1.807) is 31.2 Å². The van der Waals surface area contributed by atoms with E-state index < -0.39 is 12.1 Å². The first kappa shape index (κ1) is 17.5. The smallest absolute Gasteiger partial charge is 0.337 e. The van der Waals surface area contributed by atoms with E-state index in [9.17, 15) is 9.59 Å². The zero-order valence-electron chi connectivity index (χ0n) is 14.3. The van der Waals surface area contributed by atoms with Crippen molar-refractivity contribution in [3.05, 3.63) is 59.2 Å². The molecule has 5 heteroatoms. The highest BCUT2D eigenvalue weighted by molar-refractivity contribution is 5.95. The van der Waals surface area contributed by atoms with Gasteiger partial charge in [0.15, 0.2) is 6.10 Å². The largest absolute Gasteiger partial charge is 0.481 e. The van der Waals surface area contributed by atoms with Crippen molar-refractivity contribution in [1.82, 2.24) is 0 Å². The van der Waals surface area contributed by atoms with Gasteiger partial charge in [-0.25, -0.2) is 4.79 Å². The van der Waals surface area contributed by atoms with Crippen LogP contribution in [0, 0.1) is 13.8 Å². The summed E-state index contributed by atoms with van der Waals surface area (Å²) >= 11 is 0. The van der Waals surface area contributed by atoms with Gasteiger partial charge in [0.05, 0.1) is 12.7 Å². The van der Waals surface area contributed by atoms with Gasteiger partial charge < -0.3 is 14.8 Å². The second-order valence-corrected chi connectivity index (χ2v) is 5.59. The Morgan fingerprint density at radius 3 is 2.33 bits per heavy atom. The third-order valence-corrected chi connectivity index (χ3v) is 3.59. The molecule has 5 nitrogen and oxygen atoms in total. The SMILES string of the molecule is COC(=O)c1ccc(NC(=O)[C@H](C)Oc2cc(C)ccc2C)cc1. The maximum absolute atomic E-state index is 12.3. The Bertz CT molecular complexity index is 738. The number of anilines is 1. The minimum Gasteiger partial charge on any atom is -0.481 e. The summed E-state index contributed by atoms with van der Waals surface area (Å²) in [5.74, 6) is 0.0138. The molecule has 0 aliphatic heterocycles. The predicted octanol–water partition coefficient (Wildman–Crippen LogP) is 3.50. The van der Waals surface area contributed by atoms with Gasteiger partial charge in [0.1, 0.15) is 5.75 Å². The summed E-state index contributed by atoms with van der Waals surface area (Å²) < 4.78 is 10.4. The molecule has 2 aromatic rings. The number of esters is 1. The molecule has 0 spiro atoms. The molecule has 0 aliphatic carbocycles. The summed E-state index contributed by atoms with van der Waals surface area (Å²) in [7, 11) is 1.32. The van der Waals surface area contributed by atoms with E-state index in [-0.39, 0.29) is 5.91 Å². The summed E-state index contributed by atoms with van der Waals surface area (Å²) in [6.45, 7) is 5.60. The molecule has 0 saturated heterocycles. The lowest BCUT2D eigenvalue weighted by molar-refractivity contribution is -0.122. The van der Waals surface area contributed by atoms with Crippen molar-refractivity contribution in [1.29, 1.82) is 0 Å². The minimum atomic E-state index is -0.647. The molecule has 0 unspecified atom stereocenters. The van der Waals surface area contributed by atoms with E-state index >= 15 is 0 Å². The van der Waals surface area contributed by atoms with Gasteiger partial charge in [-0.1, -0.05) is 12.1 Å².